The summed E-state index contributed by atoms with van der Waals surface area (Å²) < 4.78 is 13.1. The molecule has 1 aliphatic heterocycles. The van der Waals surface area contributed by atoms with Gasteiger partial charge in [0.2, 0.25) is 0 Å². The van der Waals surface area contributed by atoms with Crippen LogP contribution in [0.15, 0.2) is 18.2 Å². The number of ketones is 1. The first-order chi connectivity index (χ1) is 7.68. The van der Waals surface area contributed by atoms with Gasteiger partial charge in [-0.05, 0) is 37.6 Å². The minimum atomic E-state index is -0.415. The average molecular weight is 222 g/mol. The van der Waals surface area contributed by atoms with E-state index in [1.165, 1.54) is 18.2 Å². The van der Waals surface area contributed by atoms with Gasteiger partial charge in [-0.15, -0.1) is 0 Å². The van der Waals surface area contributed by atoms with Crippen molar-refractivity contribution in [3.63, 3.8) is 0 Å². The molecule has 1 saturated heterocycles. The van der Waals surface area contributed by atoms with Gasteiger partial charge in [0.15, 0.2) is 5.78 Å². The molecular formula is C12H15FN2O. The van der Waals surface area contributed by atoms with Crippen LogP contribution in [0.1, 0.15) is 23.2 Å². The molecule has 0 saturated carbocycles. The minimum absolute atomic E-state index is 0.0517. The van der Waals surface area contributed by atoms with Crippen molar-refractivity contribution in [2.24, 2.45) is 5.92 Å². The first-order valence-corrected chi connectivity index (χ1v) is 5.48. The van der Waals surface area contributed by atoms with Crippen LogP contribution in [0.25, 0.3) is 0 Å². The highest BCUT2D eigenvalue weighted by atomic mass is 19.1. The number of nitrogens with two attached hydrogens (primary N) is 1. The van der Waals surface area contributed by atoms with Gasteiger partial charge in [-0.2, -0.15) is 0 Å². The third-order valence-electron chi connectivity index (χ3n) is 2.95. The van der Waals surface area contributed by atoms with E-state index in [9.17, 15) is 9.18 Å². The number of Topliss-reactive ketones (excluding diaryl/α,β-unsaturated/α-hetero) is 1. The summed E-state index contributed by atoms with van der Waals surface area (Å²) in [6.45, 7) is 1.61. The fraction of sp³-hybridized carbons (Fsp3) is 0.417. The number of hydrogen-bond acceptors (Lipinski definition) is 3. The molecule has 16 heavy (non-hydrogen) atoms. The van der Waals surface area contributed by atoms with Crippen molar-refractivity contribution in [1.82, 2.24) is 5.32 Å². The van der Waals surface area contributed by atoms with Gasteiger partial charge in [-0.25, -0.2) is 4.39 Å². The van der Waals surface area contributed by atoms with Gasteiger partial charge in [0, 0.05) is 23.7 Å². The molecule has 1 heterocycles. The standard InChI is InChI=1S/C12H15FN2O/c13-9-3-4-11(14)10(6-9)12(16)8-2-1-5-15-7-8/h3-4,6,8,15H,1-2,5,7,14H2. The Morgan fingerprint density at radius 2 is 2.31 bits per heavy atom. The van der Waals surface area contributed by atoms with Crippen molar-refractivity contribution in [1.29, 1.82) is 0 Å². The van der Waals surface area contributed by atoms with Crippen molar-refractivity contribution >= 4 is 11.5 Å². The largest absolute Gasteiger partial charge is 0.398 e. The zero-order valence-electron chi connectivity index (χ0n) is 9.00. The van der Waals surface area contributed by atoms with Crippen LogP contribution in [0.5, 0.6) is 0 Å². The molecule has 0 amide bonds. The van der Waals surface area contributed by atoms with Crippen LogP contribution in [0.3, 0.4) is 0 Å². The van der Waals surface area contributed by atoms with Crippen LogP contribution in [-0.2, 0) is 0 Å². The van der Waals surface area contributed by atoms with Crippen LogP contribution in [-0.4, -0.2) is 18.9 Å². The molecule has 0 spiro atoms. The van der Waals surface area contributed by atoms with Crippen LogP contribution in [0, 0.1) is 11.7 Å². The van der Waals surface area contributed by atoms with Crippen LogP contribution >= 0.6 is 0 Å². The lowest BCUT2D eigenvalue weighted by molar-refractivity contribution is 0.0900. The van der Waals surface area contributed by atoms with Gasteiger partial charge in [-0.3, -0.25) is 4.79 Å². The van der Waals surface area contributed by atoms with Crippen LogP contribution in [0.2, 0.25) is 0 Å². The summed E-state index contributed by atoms with van der Waals surface area (Å²) >= 11 is 0. The quantitative estimate of drug-likeness (QED) is 0.590. The second-order valence-electron chi connectivity index (χ2n) is 4.14. The summed E-state index contributed by atoms with van der Waals surface area (Å²) in [5, 5.41) is 3.16. The summed E-state index contributed by atoms with van der Waals surface area (Å²) in [6.07, 6.45) is 1.83. The molecular weight excluding hydrogens is 207 g/mol. The number of halogens is 1. The number of rotatable bonds is 2. The van der Waals surface area contributed by atoms with E-state index in [0.29, 0.717) is 17.8 Å². The van der Waals surface area contributed by atoms with Gasteiger partial charge in [0.1, 0.15) is 5.82 Å². The highest BCUT2D eigenvalue weighted by Crippen LogP contribution is 2.21. The fourth-order valence-electron chi connectivity index (χ4n) is 2.04. The van der Waals surface area contributed by atoms with E-state index in [4.69, 9.17) is 5.73 Å². The summed E-state index contributed by atoms with van der Waals surface area (Å²) in [6, 6.07) is 3.94. The number of benzene rings is 1. The topological polar surface area (TPSA) is 55.1 Å². The summed E-state index contributed by atoms with van der Waals surface area (Å²) in [4.78, 5) is 12.1. The number of carbonyl (C=O) groups excluding carboxylic acids is 1. The molecule has 0 radical (unpaired) electrons. The minimum Gasteiger partial charge on any atom is -0.398 e. The molecule has 1 fully saturated rings. The van der Waals surface area contributed by atoms with Crippen molar-refractivity contribution in [2.45, 2.75) is 12.8 Å². The monoisotopic (exact) mass is 222 g/mol. The lowest BCUT2D eigenvalue weighted by atomic mass is 9.90. The smallest absolute Gasteiger partial charge is 0.169 e. The molecule has 0 aliphatic carbocycles. The van der Waals surface area contributed by atoms with E-state index in [1.54, 1.807) is 0 Å². The van der Waals surface area contributed by atoms with E-state index in [0.717, 1.165) is 19.4 Å². The highest BCUT2D eigenvalue weighted by molar-refractivity contribution is 6.02. The molecule has 0 aromatic heterocycles. The molecule has 1 aromatic rings. The third kappa shape index (κ3) is 2.22. The maximum atomic E-state index is 13.1. The Bertz CT molecular complexity index is 400. The second kappa shape index (κ2) is 4.61. The number of hydrogen-bond donors (Lipinski definition) is 2. The third-order valence-corrected chi connectivity index (χ3v) is 2.95. The zero-order chi connectivity index (χ0) is 11.5. The normalized spacial score (nSPS) is 20.7. The van der Waals surface area contributed by atoms with Crippen molar-refractivity contribution in [3.05, 3.63) is 29.6 Å². The summed E-state index contributed by atoms with van der Waals surface area (Å²) in [5.41, 5.74) is 6.36. The Morgan fingerprint density at radius 1 is 1.50 bits per heavy atom. The fourth-order valence-corrected chi connectivity index (χ4v) is 2.04. The lowest BCUT2D eigenvalue weighted by Crippen LogP contribution is -2.34. The maximum absolute atomic E-state index is 13.1. The summed E-state index contributed by atoms with van der Waals surface area (Å²) in [7, 11) is 0. The SMILES string of the molecule is Nc1ccc(F)cc1C(=O)C1CCCNC1. The zero-order valence-corrected chi connectivity index (χ0v) is 9.00. The molecule has 3 N–H and O–H groups in total. The van der Waals surface area contributed by atoms with E-state index in [2.05, 4.69) is 5.32 Å². The molecule has 2 rings (SSSR count). The molecule has 0 bridgehead atoms. The number of piperidine rings is 1. The van der Waals surface area contributed by atoms with Crippen LogP contribution < -0.4 is 11.1 Å². The van der Waals surface area contributed by atoms with Gasteiger partial charge < -0.3 is 11.1 Å². The predicted octanol–water partition coefficient (Wildman–Crippen LogP) is 1.59. The molecule has 1 aliphatic rings. The van der Waals surface area contributed by atoms with Gasteiger partial charge in [0.05, 0.1) is 0 Å². The molecule has 1 unspecified atom stereocenters. The van der Waals surface area contributed by atoms with Gasteiger partial charge in [0.25, 0.3) is 0 Å². The Balaban J connectivity index is 2.22. The molecule has 86 valence electrons. The molecule has 4 heteroatoms. The van der Waals surface area contributed by atoms with Crippen molar-refractivity contribution in [3.8, 4) is 0 Å². The molecule has 1 aromatic carbocycles. The van der Waals surface area contributed by atoms with Crippen molar-refractivity contribution < 1.29 is 9.18 Å². The highest BCUT2D eigenvalue weighted by Gasteiger charge is 2.23. The number of anilines is 1. The Hall–Kier alpha value is -1.42. The maximum Gasteiger partial charge on any atom is 0.169 e. The van der Waals surface area contributed by atoms with Crippen LogP contribution in [0.4, 0.5) is 10.1 Å². The summed E-state index contributed by atoms with van der Waals surface area (Å²) in [5.74, 6) is -0.539. The van der Waals surface area contributed by atoms with Crippen molar-refractivity contribution in [2.75, 3.05) is 18.8 Å². The Morgan fingerprint density at radius 3 is 3.00 bits per heavy atom. The first kappa shape index (κ1) is 11.1. The van der Waals surface area contributed by atoms with E-state index < -0.39 is 5.82 Å². The van der Waals surface area contributed by atoms with E-state index >= 15 is 0 Å². The number of nitrogens with one attached hydrogen (secondary N) is 1. The van der Waals surface area contributed by atoms with E-state index in [1.807, 2.05) is 0 Å². The molecule has 3 nitrogen and oxygen atoms in total. The lowest BCUT2D eigenvalue weighted by Gasteiger charge is -2.22. The average Bonchev–Trinajstić information content (AvgIpc) is 2.32. The Labute approximate surface area is 93.8 Å². The number of nitrogen functional groups attached to an aromatic ring is 1. The van der Waals surface area contributed by atoms with Gasteiger partial charge >= 0.3 is 0 Å². The first-order valence-electron chi connectivity index (χ1n) is 5.48. The molecule has 1 atom stereocenters. The predicted molar refractivity (Wildman–Crippen MR) is 60.7 cm³/mol. The second-order valence-corrected chi connectivity index (χ2v) is 4.14. The van der Waals surface area contributed by atoms with Gasteiger partial charge in [-0.1, -0.05) is 0 Å². The Kier molecular flexibility index (Phi) is 3.19. The van der Waals surface area contributed by atoms with E-state index in [-0.39, 0.29) is 11.7 Å². The number of carbonyl (C=O) groups is 1.